The Morgan fingerprint density at radius 1 is 1.15 bits per heavy atom. The van der Waals surface area contributed by atoms with Crippen molar-refractivity contribution in [2.45, 2.75) is 65.3 Å². The third-order valence-corrected chi connectivity index (χ3v) is 5.02. The fourth-order valence-corrected chi connectivity index (χ4v) is 3.52. The second kappa shape index (κ2) is 8.02. The first kappa shape index (κ1) is 18.6. The monoisotopic (exact) mass is 357 g/mol. The summed E-state index contributed by atoms with van der Waals surface area (Å²) in [6, 6.07) is 6.41. The summed E-state index contributed by atoms with van der Waals surface area (Å²) < 4.78 is 15.1. The van der Waals surface area contributed by atoms with Gasteiger partial charge in [0.15, 0.2) is 5.69 Å². The first-order valence-corrected chi connectivity index (χ1v) is 9.63. The van der Waals surface area contributed by atoms with Gasteiger partial charge in [-0.25, -0.2) is 9.07 Å². The van der Waals surface area contributed by atoms with Crippen LogP contribution in [0.5, 0.6) is 0 Å². The van der Waals surface area contributed by atoms with Crippen LogP contribution in [0.1, 0.15) is 68.2 Å². The van der Waals surface area contributed by atoms with E-state index < -0.39 is 0 Å². The number of aromatic nitrogens is 2. The number of carbonyl (C=O) groups excluding carboxylic acids is 1. The summed E-state index contributed by atoms with van der Waals surface area (Å²) in [5.41, 5.74) is 3.47. The van der Waals surface area contributed by atoms with Gasteiger partial charge in [0, 0.05) is 17.3 Å². The molecule has 0 saturated carbocycles. The van der Waals surface area contributed by atoms with Crippen molar-refractivity contribution in [3.63, 3.8) is 0 Å². The lowest BCUT2D eigenvalue weighted by Gasteiger charge is -2.16. The molecule has 1 amide bonds. The van der Waals surface area contributed by atoms with Crippen molar-refractivity contribution in [2.24, 2.45) is 5.92 Å². The van der Waals surface area contributed by atoms with Crippen LogP contribution >= 0.6 is 0 Å². The van der Waals surface area contributed by atoms with E-state index >= 15 is 0 Å². The maximum atomic E-state index is 13.3. The van der Waals surface area contributed by atoms with Crippen LogP contribution in [0.25, 0.3) is 5.69 Å². The Labute approximate surface area is 154 Å². The molecule has 1 unspecified atom stereocenters. The summed E-state index contributed by atoms with van der Waals surface area (Å²) in [7, 11) is 0. The molecule has 2 aromatic rings. The molecule has 0 radical (unpaired) electrons. The molecule has 1 atom stereocenters. The molecule has 26 heavy (non-hydrogen) atoms. The first-order valence-electron chi connectivity index (χ1n) is 9.63. The molecule has 1 aromatic carbocycles. The van der Waals surface area contributed by atoms with Crippen LogP contribution < -0.4 is 5.32 Å². The van der Waals surface area contributed by atoms with Gasteiger partial charge in [0.1, 0.15) is 5.82 Å². The number of nitrogens with zero attached hydrogens (tertiary/aromatic N) is 2. The molecule has 140 valence electrons. The fraction of sp³-hybridized carbons (Fsp3) is 0.524. The highest BCUT2D eigenvalue weighted by atomic mass is 19.1. The van der Waals surface area contributed by atoms with E-state index in [0.29, 0.717) is 11.6 Å². The lowest BCUT2D eigenvalue weighted by atomic mass is 9.95. The van der Waals surface area contributed by atoms with Gasteiger partial charge in [0.05, 0.1) is 5.69 Å². The third-order valence-electron chi connectivity index (χ3n) is 5.02. The van der Waals surface area contributed by atoms with Gasteiger partial charge in [-0.15, -0.1) is 0 Å². The lowest BCUT2D eigenvalue weighted by Crippen LogP contribution is -2.33. The van der Waals surface area contributed by atoms with Crippen LogP contribution in [0.3, 0.4) is 0 Å². The van der Waals surface area contributed by atoms with Gasteiger partial charge in [-0.2, -0.15) is 5.10 Å². The van der Waals surface area contributed by atoms with Gasteiger partial charge in [0.25, 0.3) is 5.91 Å². The minimum absolute atomic E-state index is 0.0970. The van der Waals surface area contributed by atoms with Crippen LogP contribution in [0.15, 0.2) is 24.3 Å². The van der Waals surface area contributed by atoms with Crippen molar-refractivity contribution in [2.75, 3.05) is 0 Å². The average molecular weight is 357 g/mol. The van der Waals surface area contributed by atoms with Gasteiger partial charge in [-0.05, 0) is 75.6 Å². The normalized spacial score (nSPS) is 15.0. The summed E-state index contributed by atoms with van der Waals surface area (Å²) in [5.74, 6) is 0.256. The second-order valence-corrected chi connectivity index (χ2v) is 7.71. The molecule has 5 heteroatoms. The van der Waals surface area contributed by atoms with Crippen LogP contribution in [-0.2, 0) is 12.8 Å². The van der Waals surface area contributed by atoms with Crippen LogP contribution in [0.2, 0.25) is 0 Å². The number of nitrogens with one attached hydrogen (secondary N) is 1. The largest absolute Gasteiger partial charge is 0.348 e. The quantitative estimate of drug-likeness (QED) is 0.830. The van der Waals surface area contributed by atoms with Crippen LogP contribution in [-0.4, -0.2) is 21.7 Å². The molecule has 1 heterocycles. The summed E-state index contributed by atoms with van der Waals surface area (Å²) >= 11 is 0. The Bertz CT molecular complexity index is 764. The molecule has 1 N–H and O–H groups in total. The maximum absolute atomic E-state index is 13.3. The van der Waals surface area contributed by atoms with Gasteiger partial charge < -0.3 is 5.32 Å². The highest BCUT2D eigenvalue weighted by molar-refractivity contribution is 5.94. The number of hydrogen-bond donors (Lipinski definition) is 1. The average Bonchev–Trinajstić information content (AvgIpc) is 3.00. The summed E-state index contributed by atoms with van der Waals surface area (Å²) in [4.78, 5) is 12.8. The molecule has 1 aliphatic carbocycles. The van der Waals surface area contributed by atoms with Crippen molar-refractivity contribution in [3.8, 4) is 5.69 Å². The van der Waals surface area contributed by atoms with Crippen molar-refractivity contribution in [1.29, 1.82) is 0 Å². The van der Waals surface area contributed by atoms with E-state index in [1.54, 1.807) is 12.1 Å². The molecule has 0 spiro atoms. The van der Waals surface area contributed by atoms with E-state index in [2.05, 4.69) is 24.3 Å². The van der Waals surface area contributed by atoms with E-state index in [0.717, 1.165) is 55.5 Å². The summed E-state index contributed by atoms with van der Waals surface area (Å²) in [6.07, 6.45) is 5.99. The van der Waals surface area contributed by atoms with E-state index in [-0.39, 0.29) is 17.8 Å². The van der Waals surface area contributed by atoms with Crippen molar-refractivity contribution < 1.29 is 9.18 Å². The van der Waals surface area contributed by atoms with Crippen molar-refractivity contribution in [1.82, 2.24) is 15.1 Å². The number of amides is 1. The van der Waals surface area contributed by atoms with E-state index in [4.69, 9.17) is 0 Å². The molecule has 0 bridgehead atoms. The Kier molecular flexibility index (Phi) is 5.74. The Balaban J connectivity index is 1.85. The van der Waals surface area contributed by atoms with Gasteiger partial charge in [0.2, 0.25) is 0 Å². The molecular weight excluding hydrogens is 329 g/mol. The Hall–Kier alpha value is -2.17. The number of benzene rings is 1. The van der Waals surface area contributed by atoms with Gasteiger partial charge in [-0.3, -0.25) is 4.79 Å². The zero-order valence-corrected chi connectivity index (χ0v) is 15.9. The topological polar surface area (TPSA) is 46.9 Å². The smallest absolute Gasteiger partial charge is 0.272 e. The predicted octanol–water partition coefficient (Wildman–Crippen LogP) is 4.44. The fourth-order valence-electron chi connectivity index (χ4n) is 3.52. The molecule has 1 aromatic heterocycles. The van der Waals surface area contributed by atoms with Gasteiger partial charge >= 0.3 is 0 Å². The molecular formula is C21H28FN3O. The number of carbonyl (C=O) groups is 1. The zero-order chi connectivity index (χ0) is 18.7. The van der Waals surface area contributed by atoms with E-state index in [1.807, 2.05) is 11.6 Å². The highest BCUT2D eigenvalue weighted by Crippen LogP contribution is 2.27. The second-order valence-electron chi connectivity index (χ2n) is 7.71. The lowest BCUT2D eigenvalue weighted by molar-refractivity contribution is 0.0930. The maximum Gasteiger partial charge on any atom is 0.272 e. The molecule has 4 nitrogen and oxygen atoms in total. The molecule has 0 saturated heterocycles. The SMILES string of the molecule is CC(C)CCC(C)NC(=O)c1nn(-c2ccc(F)cc2)c2c1CCCC2. The summed E-state index contributed by atoms with van der Waals surface area (Å²) in [6.45, 7) is 6.42. The van der Waals surface area contributed by atoms with E-state index in [9.17, 15) is 9.18 Å². The Morgan fingerprint density at radius 2 is 1.85 bits per heavy atom. The number of halogens is 1. The van der Waals surface area contributed by atoms with Crippen molar-refractivity contribution in [3.05, 3.63) is 47.0 Å². The van der Waals surface area contributed by atoms with Crippen LogP contribution in [0.4, 0.5) is 4.39 Å². The highest BCUT2D eigenvalue weighted by Gasteiger charge is 2.26. The predicted molar refractivity (Wildman–Crippen MR) is 101 cm³/mol. The standard InChI is InChI=1S/C21H28FN3O/c1-14(2)8-9-15(3)23-21(26)20-18-6-4-5-7-19(18)25(24-20)17-12-10-16(22)11-13-17/h10-15H,4-9H2,1-3H3,(H,23,26). The molecule has 0 aliphatic heterocycles. The minimum atomic E-state index is -0.272. The first-order chi connectivity index (χ1) is 12.5. The third kappa shape index (κ3) is 4.14. The molecule has 3 rings (SSSR count). The van der Waals surface area contributed by atoms with Gasteiger partial charge in [-0.1, -0.05) is 13.8 Å². The van der Waals surface area contributed by atoms with Crippen molar-refractivity contribution >= 4 is 5.91 Å². The number of fused-ring (bicyclic) bond motifs is 1. The minimum Gasteiger partial charge on any atom is -0.348 e. The van der Waals surface area contributed by atoms with Crippen LogP contribution in [0, 0.1) is 11.7 Å². The Morgan fingerprint density at radius 3 is 2.54 bits per heavy atom. The number of hydrogen-bond acceptors (Lipinski definition) is 2. The number of rotatable bonds is 6. The summed E-state index contributed by atoms with van der Waals surface area (Å²) in [5, 5.41) is 7.72. The molecule has 0 fully saturated rings. The van der Waals surface area contributed by atoms with E-state index in [1.165, 1.54) is 12.1 Å². The zero-order valence-electron chi connectivity index (χ0n) is 15.9. The molecule has 1 aliphatic rings.